The third kappa shape index (κ3) is 4.39. The SMILES string of the molecule is O=C(NCC(O)C(O)c1cnc(Cl)c(F)c1)OCC1c2ccccc2-c2ccccc21. The van der Waals surface area contributed by atoms with E-state index in [1.165, 1.54) is 0 Å². The summed E-state index contributed by atoms with van der Waals surface area (Å²) in [7, 11) is 0. The van der Waals surface area contributed by atoms with Crippen molar-refractivity contribution in [2.24, 2.45) is 0 Å². The highest BCUT2D eigenvalue weighted by Gasteiger charge is 2.29. The van der Waals surface area contributed by atoms with E-state index in [-0.39, 0.29) is 29.8 Å². The molecule has 4 rings (SSSR count). The van der Waals surface area contributed by atoms with Crippen molar-refractivity contribution in [3.8, 4) is 11.1 Å². The maximum absolute atomic E-state index is 13.5. The van der Waals surface area contributed by atoms with Gasteiger partial charge in [0.05, 0.1) is 0 Å². The summed E-state index contributed by atoms with van der Waals surface area (Å²) in [6, 6.07) is 16.9. The molecule has 0 radical (unpaired) electrons. The van der Waals surface area contributed by atoms with Crippen LogP contribution in [0.1, 0.15) is 28.7 Å². The molecule has 2 atom stereocenters. The minimum absolute atomic E-state index is 0.0451. The second-order valence-electron chi connectivity index (χ2n) is 7.26. The summed E-state index contributed by atoms with van der Waals surface area (Å²) in [5.41, 5.74) is 4.46. The molecular weight excluding hydrogens is 423 g/mol. The van der Waals surface area contributed by atoms with Crippen molar-refractivity contribution in [2.75, 3.05) is 13.2 Å². The molecule has 1 aromatic heterocycles. The number of pyridine rings is 1. The second-order valence-corrected chi connectivity index (χ2v) is 7.62. The van der Waals surface area contributed by atoms with Crippen LogP contribution in [0.3, 0.4) is 0 Å². The molecule has 160 valence electrons. The molecule has 0 aliphatic heterocycles. The summed E-state index contributed by atoms with van der Waals surface area (Å²) in [4.78, 5) is 15.8. The van der Waals surface area contributed by atoms with Crippen LogP contribution < -0.4 is 5.32 Å². The average Bonchev–Trinajstić information content (AvgIpc) is 3.11. The Hall–Kier alpha value is -3.00. The Balaban J connectivity index is 1.34. The number of aromatic nitrogens is 1. The lowest BCUT2D eigenvalue weighted by molar-refractivity contribution is 0.0182. The summed E-state index contributed by atoms with van der Waals surface area (Å²) < 4.78 is 18.9. The zero-order chi connectivity index (χ0) is 22.0. The number of ether oxygens (including phenoxy) is 1. The molecule has 2 unspecified atom stereocenters. The number of nitrogens with one attached hydrogen (secondary N) is 1. The molecule has 0 saturated carbocycles. The molecule has 6 nitrogen and oxygen atoms in total. The third-order valence-electron chi connectivity index (χ3n) is 5.32. The van der Waals surface area contributed by atoms with E-state index in [4.69, 9.17) is 16.3 Å². The van der Waals surface area contributed by atoms with Crippen LogP contribution in [0.25, 0.3) is 11.1 Å². The molecule has 2 aromatic carbocycles. The van der Waals surface area contributed by atoms with Crippen LogP contribution in [0, 0.1) is 5.82 Å². The van der Waals surface area contributed by atoms with Gasteiger partial charge in [-0.05, 0) is 28.3 Å². The molecule has 1 heterocycles. The number of benzene rings is 2. The first-order chi connectivity index (χ1) is 15.0. The van der Waals surface area contributed by atoms with Crippen LogP contribution >= 0.6 is 11.6 Å². The van der Waals surface area contributed by atoms with Gasteiger partial charge in [0.1, 0.15) is 18.8 Å². The van der Waals surface area contributed by atoms with Crippen LogP contribution in [-0.2, 0) is 4.74 Å². The van der Waals surface area contributed by atoms with Gasteiger partial charge in [0.25, 0.3) is 0 Å². The van der Waals surface area contributed by atoms with E-state index in [1.54, 1.807) is 0 Å². The van der Waals surface area contributed by atoms with Crippen molar-refractivity contribution in [2.45, 2.75) is 18.1 Å². The monoisotopic (exact) mass is 442 g/mol. The van der Waals surface area contributed by atoms with E-state index in [1.807, 2.05) is 48.5 Å². The summed E-state index contributed by atoms with van der Waals surface area (Å²) in [6.45, 7) is -0.160. The first-order valence-corrected chi connectivity index (χ1v) is 10.1. The number of carbonyl (C=O) groups is 1. The summed E-state index contributed by atoms with van der Waals surface area (Å²) >= 11 is 5.52. The van der Waals surface area contributed by atoms with Gasteiger partial charge in [0.15, 0.2) is 11.0 Å². The Morgan fingerprint density at radius 2 is 1.74 bits per heavy atom. The highest BCUT2D eigenvalue weighted by atomic mass is 35.5. The van der Waals surface area contributed by atoms with Gasteiger partial charge in [0.2, 0.25) is 0 Å². The number of fused-ring (bicyclic) bond motifs is 3. The summed E-state index contributed by atoms with van der Waals surface area (Å²) in [5, 5.41) is 22.4. The molecule has 0 saturated heterocycles. The van der Waals surface area contributed by atoms with Crippen molar-refractivity contribution in [3.63, 3.8) is 0 Å². The number of carbonyl (C=O) groups excluding carboxylic acids is 1. The number of alkyl carbamates (subject to hydrolysis) is 1. The molecular formula is C23H20ClFN2O4. The molecule has 1 amide bonds. The van der Waals surface area contributed by atoms with Gasteiger partial charge < -0.3 is 20.3 Å². The largest absolute Gasteiger partial charge is 0.449 e. The van der Waals surface area contributed by atoms with Crippen molar-refractivity contribution in [3.05, 3.63) is 88.5 Å². The van der Waals surface area contributed by atoms with Gasteiger partial charge in [-0.1, -0.05) is 60.1 Å². The van der Waals surface area contributed by atoms with Crippen LogP contribution in [0.2, 0.25) is 5.15 Å². The molecule has 31 heavy (non-hydrogen) atoms. The van der Waals surface area contributed by atoms with Crippen LogP contribution in [0.15, 0.2) is 60.8 Å². The minimum atomic E-state index is -1.45. The summed E-state index contributed by atoms with van der Waals surface area (Å²) in [5.74, 6) is -0.897. The van der Waals surface area contributed by atoms with Crippen LogP contribution in [-0.4, -0.2) is 40.5 Å². The minimum Gasteiger partial charge on any atom is -0.449 e. The van der Waals surface area contributed by atoms with E-state index >= 15 is 0 Å². The number of nitrogens with zero attached hydrogens (tertiary/aromatic N) is 1. The van der Waals surface area contributed by atoms with Crippen molar-refractivity contribution >= 4 is 17.7 Å². The van der Waals surface area contributed by atoms with Crippen LogP contribution in [0.4, 0.5) is 9.18 Å². The standard InChI is InChI=1S/C23H20ClFN2O4/c24-22-19(25)9-13(10-26-22)21(29)20(28)11-27-23(30)31-12-18-16-7-3-1-5-14(16)15-6-2-4-8-17(15)18/h1-10,18,20-21,28-29H,11-12H2,(H,27,30). The lowest BCUT2D eigenvalue weighted by Crippen LogP contribution is -2.36. The number of amides is 1. The van der Waals surface area contributed by atoms with E-state index in [9.17, 15) is 19.4 Å². The van der Waals surface area contributed by atoms with E-state index in [0.717, 1.165) is 34.5 Å². The highest BCUT2D eigenvalue weighted by molar-refractivity contribution is 6.29. The number of rotatable bonds is 6. The first kappa shape index (κ1) is 21.2. The smallest absolute Gasteiger partial charge is 0.407 e. The topological polar surface area (TPSA) is 91.7 Å². The molecule has 0 bridgehead atoms. The number of hydrogen-bond donors (Lipinski definition) is 3. The predicted octanol–water partition coefficient (Wildman–Crippen LogP) is 3.81. The van der Waals surface area contributed by atoms with Gasteiger partial charge in [-0.15, -0.1) is 0 Å². The maximum Gasteiger partial charge on any atom is 0.407 e. The predicted molar refractivity (Wildman–Crippen MR) is 113 cm³/mol. The molecule has 3 N–H and O–H groups in total. The normalized spacial score (nSPS) is 14.5. The Morgan fingerprint density at radius 3 is 2.35 bits per heavy atom. The van der Waals surface area contributed by atoms with Gasteiger partial charge in [-0.2, -0.15) is 0 Å². The number of halogens is 2. The zero-order valence-corrected chi connectivity index (χ0v) is 17.1. The molecule has 3 aromatic rings. The first-order valence-electron chi connectivity index (χ1n) is 9.71. The van der Waals surface area contributed by atoms with Crippen LogP contribution in [0.5, 0.6) is 0 Å². The fourth-order valence-electron chi connectivity index (χ4n) is 3.77. The maximum atomic E-state index is 13.5. The number of aliphatic hydroxyl groups is 2. The van der Waals surface area contributed by atoms with Gasteiger partial charge in [-0.25, -0.2) is 14.2 Å². The zero-order valence-electron chi connectivity index (χ0n) is 16.3. The average molecular weight is 443 g/mol. The lowest BCUT2D eigenvalue weighted by Gasteiger charge is -2.19. The molecule has 0 spiro atoms. The van der Waals surface area contributed by atoms with Gasteiger partial charge in [-0.3, -0.25) is 0 Å². The van der Waals surface area contributed by atoms with Crippen molar-refractivity contribution < 1.29 is 24.1 Å². The van der Waals surface area contributed by atoms with E-state index in [2.05, 4.69) is 10.3 Å². The number of aliphatic hydroxyl groups excluding tert-OH is 2. The number of hydrogen-bond acceptors (Lipinski definition) is 5. The summed E-state index contributed by atoms with van der Waals surface area (Å²) in [6.07, 6.45) is -2.41. The van der Waals surface area contributed by atoms with Crippen molar-refractivity contribution in [1.29, 1.82) is 0 Å². The van der Waals surface area contributed by atoms with E-state index in [0.29, 0.717) is 0 Å². The Labute approximate surface area is 183 Å². The quantitative estimate of drug-likeness (QED) is 0.505. The molecule has 1 aliphatic rings. The fraction of sp³-hybridized carbons (Fsp3) is 0.217. The Morgan fingerprint density at radius 1 is 1.13 bits per heavy atom. The Kier molecular flexibility index (Phi) is 6.18. The second kappa shape index (κ2) is 9.01. The fourth-order valence-corrected chi connectivity index (χ4v) is 3.87. The Bertz CT molecular complexity index is 1060. The third-order valence-corrected chi connectivity index (χ3v) is 5.60. The molecule has 1 aliphatic carbocycles. The molecule has 0 fully saturated rings. The van der Waals surface area contributed by atoms with Gasteiger partial charge in [0, 0.05) is 24.2 Å². The van der Waals surface area contributed by atoms with Crippen molar-refractivity contribution in [1.82, 2.24) is 10.3 Å². The molecule has 8 heteroatoms. The van der Waals surface area contributed by atoms with Gasteiger partial charge >= 0.3 is 6.09 Å². The highest BCUT2D eigenvalue weighted by Crippen LogP contribution is 2.44. The lowest BCUT2D eigenvalue weighted by atomic mass is 9.98. The van der Waals surface area contributed by atoms with E-state index < -0.39 is 24.1 Å².